The van der Waals surface area contributed by atoms with Gasteiger partial charge in [-0.25, -0.2) is 4.79 Å². The Morgan fingerprint density at radius 2 is 2.38 bits per heavy atom. The van der Waals surface area contributed by atoms with E-state index >= 15 is 0 Å². The first-order valence-corrected chi connectivity index (χ1v) is 2.24. The molecule has 0 bridgehead atoms. The highest BCUT2D eigenvalue weighted by Gasteiger charge is 2.07. The van der Waals surface area contributed by atoms with Crippen LogP contribution in [0.4, 0.5) is 0 Å². The molecule has 4 nitrogen and oxygen atoms in total. The lowest BCUT2D eigenvalue weighted by Gasteiger charge is -2.01. The molecule has 0 saturated carbocycles. The molecule has 4 heteroatoms. The average molecular weight is 119 g/mol. The molecular formula is C4H9NO3. The zero-order valence-electron chi connectivity index (χ0n) is 4.84. The van der Waals surface area contributed by atoms with Gasteiger partial charge in [0, 0.05) is 7.05 Å². The van der Waals surface area contributed by atoms with Crippen molar-refractivity contribution in [1.29, 1.82) is 0 Å². The number of aliphatic hydroxyl groups is 1. The van der Waals surface area contributed by atoms with E-state index in [1.54, 1.807) is 0 Å². The number of hydroxylamine groups is 1. The molecule has 0 heterocycles. The van der Waals surface area contributed by atoms with Crippen molar-refractivity contribution in [3.05, 3.63) is 0 Å². The zero-order valence-corrected chi connectivity index (χ0v) is 4.84. The number of carbonyl (C=O) groups is 1. The van der Waals surface area contributed by atoms with E-state index < -0.39 is 12.1 Å². The van der Waals surface area contributed by atoms with Gasteiger partial charge in [0.25, 0.3) is 0 Å². The molecule has 0 fully saturated rings. The Morgan fingerprint density at radius 3 is 2.50 bits per heavy atom. The van der Waals surface area contributed by atoms with Crippen molar-refractivity contribution in [3.63, 3.8) is 0 Å². The van der Waals surface area contributed by atoms with Crippen LogP contribution in [0.2, 0.25) is 0 Å². The summed E-state index contributed by atoms with van der Waals surface area (Å²) in [6.07, 6.45) is -1.05. The highest BCUT2D eigenvalue weighted by molar-refractivity contribution is 5.73. The van der Waals surface area contributed by atoms with Gasteiger partial charge in [-0.05, 0) is 6.92 Å². The van der Waals surface area contributed by atoms with Crippen LogP contribution in [0.1, 0.15) is 6.92 Å². The van der Waals surface area contributed by atoms with Gasteiger partial charge in [0.15, 0.2) is 6.10 Å². The van der Waals surface area contributed by atoms with Crippen LogP contribution >= 0.6 is 0 Å². The predicted molar refractivity (Wildman–Crippen MR) is 26.8 cm³/mol. The number of carbonyl (C=O) groups excluding carboxylic acids is 1. The lowest BCUT2D eigenvalue weighted by Crippen LogP contribution is -2.24. The number of nitrogens with one attached hydrogen (secondary N) is 1. The van der Waals surface area contributed by atoms with Gasteiger partial charge in [-0.2, -0.15) is 5.48 Å². The number of hydrogen-bond acceptors (Lipinski definition) is 4. The molecule has 0 amide bonds. The van der Waals surface area contributed by atoms with E-state index in [-0.39, 0.29) is 0 Å². The zero-order chi connectivity index (χ0) is 6.57. The van der Waals surface area contributed by atoms with Gasteiger partial charge in [-0.3, -0.25) is 0 Å². The van der Waals surface area contributed by atoms with Crippen molar-refractivity contribution >= 4 is 5.97 Å². The summed E-state index contributed by atoms with van der Waals surface area (Å²) in [4.78, 5) is 14.4. The fourth-order valence-electron chi connectivity index (χ4n) is 0.186. The Kier molecular flexibility index (Phi) is 3.14. The number of aliphatic hydroxyl groups excluding tert-OH is 1. The Bertz CT molecular complexity index is 81.4. The van der Waals surface area contributed by atoms with Crippen LogP contribution in [0.5, 0.6) is 0 Å². The Hall–Kier alpha value is -0.610. The van der Waals surface area contributed by atoms with E-state index in [2.05, 4.69) is 10.3 Å². The van der Waals surface area contributed by atoms with E-state index in [0.29, 0.717) is 0 Å². The standard InChI is InChI=1S/C4H9NO3/c1-3(6)4(7)8-5-2/h3,5-6H,1-2H3. The van der Waals surface area contributed by atoms with Crippen LogP contribution in [-0.4, -0.2) is 24.2 Å². The second kappa shape index (κ2) is 3.40. The number of hydrogen-bond donors (Lipinski definition) is 2. The van der Waals surface area contributed by atoms with Gasteiger partial charge >= 0.3 is 5.97 Å². The van der Waals surface area contributed by atoms with Crippen molar-refractivity contribution in [3.8, 4) is 0 Å². The molecule has 0 aromatic heterocycles. The molecule has 0 aliphatic rings. The van der Waals surface area contributed by atoms with Gasteiger partial charge in [0.1, 0.15) is 0 Å². The van der Waals surface area contributed by atoms with Crippen molar-refractivity contribution in [1.82, 2.24) is 5.48 Å². The Labute approximate surface area is 47.4 Å². The quantitative estimate of drug-likeness (QED) is 0.460. The van der Waals surface area contributed by atoms with Crippen molar-refractivity contribution < 1.29 is 14.7 Å². The van der Waals surface area contributed by atoms with E-state index in [0.717, 1.165) is 0 Å². The molecule has 1 unspecified atom stereocenters. The molecular weight excluding hydrogens is 110 g/mol. The van der Waals surface area contributed by atoms with Crippen LogP contribution in [0.15, 0.2) is 0 Å². The van der Waals surface area contributed by atoms with Crippen LogP contribution in [0, 0.1) is 0 Å². The lowest BCUT2D eigenvalue weighted by atomic mass is 10.4. The van der Waals surface area contributed by atoms with E-state index in [1.165, 1.54) is 14.0 Å². The minimum absolute atomic E-state index is 0.674. The number of rotatable bonds is 2. The van der Waals surface area contributed by atoms with Crippen LogP contribution in [0.3, 0.4) is 0 Å². The largest absolute Gasteiger partial charge is 0.382 e. The highest BCUT2D eigenvalue weighted by Crippen LogP contribution is 1.80. The SMILES string of the molecule is CNOC(=O)C(C)O. The summed E-state index contributed by atoms with van der Waals surface area (Å²) < 4.78 is 0. The van der Waals surface area contributed by atoms with Gasteiger partial charge < -0.3 is 9.94 Å². The Balaban J connectivity index is 3.33. The molecule has 0 rings (SSSR count). The monoisotopic (exact) mass is 119 g/mol. The molecule has 0 aliphatic carbocycles. The first-order valence-electron chi connectivity index (χ1n) is 2.24. The second-order valence-corrected chi connectivity index (χ2v) is 1.30. The van der Waals surface area contributed by atoms with Crippen molar-refractivity contribution in [2.75, 3.05) is 7.05 Å². The molecule has 0 aliphatic heterocycles. The normalized spacial score (nSPS) is 12.9. The van der Waals surface area contributed by atoms with Gasteiger partial charge in [0.2, 0.25) is 0 Å². The second-order valence-electron chi connectivity index (χ2n) is 1.30. The van der Waals surface area contributed by atoms with Gasteiger partial charge in [-0.15, -0.1) is 0 Å². The Morgan fingerprint density at radius 1 is 1.88 bits per heavy atom. The van der Waals surface area contributed by atoms with Crippen molar-refractivity contribution in [2.24, 2.45) is 0 Å². The molecule has 1 atom stereocenters. The third-order valence-electron chi connectivity index (χ3n) is 0.544. The summed E-state index contributed by atoms with van der Waals surface area (Å²) in [6.45, 7) is 1.33. The lowest BCUT2D eigenvalue weighted by molar-refractivity contribution is -0.158. The third-order valence-corrected chi connectivity index (χ3v) is 0.544. The first-order chi connectivity index (χ1) is 3.68. The molecule has 8 heavy (non-hydrogen) atoms. The summed E-state index contributed by atoms with van der Waals surface area (Å²) in [7, 11) is 1.44. The molecule has 0 spiro atoms. The third kappa shape index (κ3) is 2.54. The molecule has 2 N–H and O–H groups in total. The van der Waals surface area contributed by atoms with Crippen LogP contribution < -0.4 is 5.48 Å². The highest BCUT2D eigenvalue weighted by atomic mass is 16.7. The van der Waals surface area contributed by atoms with Crippen molar-refractivity contribution in [2.45, 2.75) is 13.0 Å². The molecule has 0 aromatic carbocycles. The maximum absolute atomic E-state index is 10.2. The predicted octanol–water partition coefficient (Wildman–Crippen LogP) is -0.955. The summed E-state index contributed by atoms with van der Waals surface area (Å²) in [5, 5.41) is 8.44. The van der Waals surface area contributed by atoms with Gasteiger partial charge in [-0.1, -0.05) is 0 Å². The van der Waals surface area contributed by atoms with E-state index in [1.807, 2.05) is 0 Å². The first kappa shape index (κ1) is 7.39. The topological polar surface area (TPSA) is 58.6 Å². The van der Waals surface area contributed by atoms with Gasteiger partial charge in [0.05, 0.1) is 0 Å². The van der Waals surface area contributed by atoms with E-state index in [4.69, 9.17) is 5.11 Å². The summed E-state index contributed by atoms with van der Waals surface area (Å²) in [5.74, 6) is -0.674. The fourth-order valence-corrected chi connectivity index (χ4v) is 0.186. The molecule has 0 aromatic rings. The molecule has 48 valence electrons. The minimum Gasteiger partial charge on any atom is -0.382 e. The van der Waals surface area contributed by atoms with Crippen LogP contribution in [-0.2, 0) is 9.63 Å². The van der Waals surface area contributed by atoms with E-state index in [9.17, 15) is 4.79 Å². The molecule has 0 saturated heterocycles. The maximum atomic E-state index is 10.2. The molecule has 0 radical (unpaired) electrons. The smallest absolute Gasteiger partial charge is 0.353 e. The minimum atomic E-state index is -1.05. The average Bonchev–Trinajstić information content (AvgIpc) is 1.67. The maximum Gasteiger partial charge on any atom is 0.353 e. The summed E-state index contributed by atoms with van der Waals surface area (Å²) in [6, 6.07) is 0. The summed E-state index contributed by atoms with van der Waals surface area (Å²) in [5.41, 5.74) is 2.14. The fraction of sp³-hybridized carbons (Fsp3) is 0.750. The van der Waals surface area contributed by atoms with Crippen LogP contribution in [0.25, 0.3) is 0 Å². The summed E-state index contributed by atoms with van der Waals surface area (Å²) >= 11 is 0.